The van der Waals surface area contributed by atoms with E-state index in [1.807, 2.05) is 24.1 Å². The molecule has 1 aromatic heterocycles. The Morgan fingerprint density at radius 3 is 3.00 bits per heavy atom. The van der Waals surface area contributed by atoms with Crippen LogP contribution in [-0.4, -0.2) is 30.3 Å². The van der Waals surface area contributed by atoms with Gasteiger partial charge in [0.25, 0.3) is 0 Å². The zero-order valence-corrected chi connectivity index (χ0v) is 8.45. The number of likely N-dealkylation sites (N-methyl/N-ethyl adjacent to an activating group) is 1. The predicted molar refractivity (Wildman–Crippen MR) is 52.3 cm³/mol. The van der Waals surface area contributed by atoms with Crippen LogP contribution in [0, 0.1) is 0 Å². The van der Waals surface area contributed by atoms with Crippen molar-refractivity contribution in [1.29, 1.82) is 0 Å². The van der Waals surface area contributed by atoms with Gasteiger partial charge in [-0.15, -0.1) is 0 Å². The fourth-order valence-corrected chi connectivity index (χ4v) is 1.47. The molecule has 0 fully saturated rings. The van der Waals surface area contributed by atoms with Crippen molar-refractivity contribution in [3.8, 4) is 0 Å². The molecule has 0 saturated heterocycles. The van der Waals surface area contributed by atoms with Gasteiger partial charge < -0.3 is 10.0 Å². The van der Waals surface area contributed by atoms with E-state index in [1.54, 1.807) is 6.20 Å². The lowest BCUT2D eigenvalue weighted by Crippen LogP contribution is -2.22. The molecule has 66 valence electrons. The van der Waals surface area contributed by atoms with Gasteiger partial charge in [0, 0.05) is 19.8 Å². The van der Waals surface area contributed by atoms with Crippen LogP contribution >= 0.6 is 15.9 Å². The SMILES string of the molecule is CN(CCO)c1ncccc1Br. The molecule has 0 aliphatic heterocycles. The van der Waals surface area contributed by atoms with E-state index in [0.29, 0.717) is 6.54 Å². The first kappa shape index (κ1) is 9.48. The van der Waals surface area contributed by atoms with E-state index in [0.717, 1.165) is 10.3 Å². The van der Waals surface area contributed by atoms with Crippen molar-refractivity contribution in [3.63, 3.8) is 0 Å². The summed E-state index contributed by atoms with van der Waals surface area (Å²) >= 11 is 3.38. The second kappa shape index (κ2) is 4.42. The largest absolute Gasteiger partial charge is 0.395 e. The number of anilines is 1. The fourth-order valence-electron chi connectivity index (χ4n) is 0.914. The van der Waals surface area contributed by atoms with Gasteiger partial charge in [-0.3, -0.25) is 0 Å². The van der Waals surface area contributed by atoms with E-state index >= 15 is 0 Å². The number of hydrogen-bond donors (Lipinski definition) is 1. The van der Waals surface area contributed by atoms with E-state index in [2.05, 4.69) is 20.9 Å². The minimum atomic E-state index is 0.138. The lowest BCUT2D eigenvalue weighted by molar-refractivity contribution is 0.304. The van der Waals surface area contributed by atoms with Crippen molar-refractivity contribution in [2.75, 3.05) is 25.1 Å². The van der Waals surface area contributed by atoms with Crippen LogP contribution in [-0.2, 0) is 0 Å². The Kier molecular flexibility index (Phi) is 3.49. The number of aliphatic hydroxyl groups is 1. The predicted octanol–water partition coefficient (Wildman–Crippen LogP) is 1.27. The summed E-state index contributed by atoms with van der Waals surface area (Å²) in [5.74, 6) is 0.853. The molecule has 0 aliphatic carbocycles. The molecule has 1 rings (SSSR count). The molecular formula is C8H11BrN2O. The van der Waals surface area contributed by atoms with Crippen molar-refractivity contribution in [1.82, 2.24) is 4.98 Å². The molecule has 0 aliphatic rings. The summed E-state index contributed by atoms with van der Waals surface area (Å²) < 4.78 is 0.945. The highest BCUT2D eigenvalue weighted by molar-refractivity contribution is 9.10. The highest BCUT2D eigenvalue weighted by atomic mass is 79.9. The molecule has 4 heteroatoms. The molecule has 0 aromatic carbocycles. The summed E-state index contributed by atoms with van der Waals surface area (Å²) in [6.07, 6.45) is 1.73. The van der Waals surface area contributed by atoms with Crippen LogP contribution in [0.15, 0.2) is 22.8 Å². The molecule has 0 bridgehead atoms. The molecule has 1 heterocycles. The molecule has 0 spiro atoms. The fraction of sp³-hybridized carbons (Fsp3) is 0.375. The molecule has 0 radical (unpaired) electrons. The van der Waals surface area contributed by atoms with Crippen molar-refractivity contribution in [2.24, 2.45) is 0 Å². The smallest absolute Gasteiger partial charge is 0.142 e. The number of nitrogens with zero attached hydrogens (tertiary/aromatic N) is 2. The van der Waals surface area contributed by atoms with Crippen molar-refractivity contribution in [2.45, 2.75) is 0 Å². The minimum absolute atomic E-state index is 0.138. The zero-order chi connectivity index (χ0) is 8.97. The molecular weight excluding hydrogens is 220 g/mol. The van der Waals surface area contributed by atoms with Gasteiger partial charge in [-0.25, -0.2) is 4.98 Å². The summed E-state index contributed by atoms with van der Waals surface area (Å²) in [5, 5.41) is 8.70. The van der Waals surface area contributed by atoms with E-state index in [9.17, 15) is 0 Å². The number of pyridine rings is 1. The van der Waals surface area contributed by atoms with Crippen molar-refractivity contribution in [3.05, 3.63) is 22.8 Å². The van der Waals surface area contributed by atoms with Crippen molar-refractivity contribution < 1.29 is 5.11 Å². The lowest BCUT2D eigenvalue weighted by Gasteiger charge is -2.17. The van der Waals surface area contributed by atoms with Crippen LogP contribution in [0.25, 0.3) is 0 Å². The van der Waals surface area contributed by atoms with Crippen LogP contribution < -0.4 is 4.90 Å². The topological polar surface area (TPSA) is 36.4 Å². The highest BCUT2D eigenvalue weighted by Crippen LogP contribution is 2.20. The molecule has 0 saturated carbocycles. The van der Waals surface area contributed by atoms with E-state index in [4.69, 9.17) is 5.11 Å². The number of hydrogen-bond acceptors (Lipinski definition) is 3. The van der Waals surface area contributed by atoms with E-state index in [-0.39, 0.29) is 6.61 Å². The van der Waals surface area contributed by atoms with Gasteiger partial charge in [0.05, 0.1) is 11.1 Å². The van der Waals surface area contributed by atoms with Gasteiger partial charge in [0.1, 0.15) is 5.82 Å². The third-order valence-corrected chi connectivity index (χ3v) is 2.16. The maximum absolute atomic E-state index is 8.70. The number of aliphatic hydroxyl groups excluding tert-OH is 1. The van der Waals surface area contributed by atoms with Crippen LogP contribution in [0.5, 0.6) is 0 Å². The van der Waals surface area contributed by atoms with Gasteiger partial charge >= 0.3 is 0 Å². The average Bonchev–Trinajstić information content (AvgIpc) is 2.05. The Labute approximate surface area is 80.2 Å². The maximum atomic E-state index is 8.70. The second-order valence-corrected chi connectivity index (χ2v) is 3.31. The van der Waals surface area contributed by atoms with E-state index < -0.39 is 0 Å². The number of rotatable bonds is 3. The zero-order valence-electron chi connectivity index (χ0n) is 6.87. The third-order valence-electron chi connectivity index (χ3n) is 1.54. The molecule has 0 amide bonds. The standard InChI is InChI=1S/C8H11BrN2O/c1-11(5-6-12)8-7(9)3-2-4-10-8/h2-4,12H,5-6H2,1H3. The van der Waals surface area contributed by atoms with Gasteiger partial charge in [-0.05, 0) is 28.1 Å². The first-order valence-corrected chi connectivity index (χ1v) is 4.47. The van der Waals surface area contributed by atoms with Crippen LogP contribution in [0.2, 0.25) is 0 Å². The summed E-state index contributed by atoms with van der Waals surface area (Å²) in [5.41, 5.74) is 0. The monoisotopic (exact) mass is 230 g/mol. The Morgan fingerprint density at radius 1 is 1.67 bits per heavy atom. The molecule has 0 atom stereocenters. The summed E-state index contributed by atoms with van der Waals surface area (Å²) in [6, 6.07) is 3.79. The van der Waals surface area contributed by atoms with Gasteiger partial charge in [0.15, 0.2) is 0 Å². The molecule has 3 nitrogen and oxygen atoms in total. The van der Waals surface area contributed by atoms with Crippen molar-refractivity contribution >= 4 is 21.7 Å². The lowest BCUT2D eigenvalue weighted by atomic mass is 10.4. The molecule has 0 unspecified atom stereocenters. The Morgan fingerprint density at radius 2 is 2.42 bits per heavy atom. The Bertz CT molecular complexity index is 255. The van der Waals surface area contributed by atoms with Crippen LogP contribution in [0.1, 0.15) is 0 Å². The third kappa shape index (κ3) is 2.19. The summed E-state index contributed by atoms with van der Waals surface area (Å²) in [6.45, 7) is 0.731. The van der Waals surface area contributed by atoms with Gasteiger partial charge in [-0.2, -0.15) is 0 Å². The average molecular weight is 231 g/mol. The first-order valence-electron chi connectivity index (χ1n) is 3.68. The second-order valence-electron chi connectivity index (χ2n) is 2.45. The van der Waals surface area contributed by atoms with Crippen LogP contribution in [0.4, 0.5) is 5.82 Å². The number of aromatic nitrogens is 1. The highest BCUT2D eigenvalue weighted by Gasteiger charge is 2.04. The van der Waals surface area contributed by atoms with E-state index in [1.165, 1.54) is 0 Å². The number of halogens is 1. The van der Waals surface area contributed by atoms with Gasteiger partial charge in [-0.1, -0.05) is 0 Å². The summed E-state index contributed by atoms with van der Waals surface area (Å²) in [7, 11) is 1.89. The minimum Gasteiger partial charge on any atom is -0.395 e. The quantitative estimate of drug-likeness (QED) is 0.851. The summed E-state index contributed by atoms with van der Waals surface area (Å²) in [4.78, 5) is 6.06. The normalized spacial score (nSPS) is 9.92. The Hall–Kier alpha value is -0.610. The first-order chi connectivity index (χ1) is 5.75. The van der Waals surface area contributed by atoms with Gasteiger partial charge in [0.2, 0.25) is 0 Å². The Balaban J connectivity index is 2.79. The van der Waals surface area contributed by atoms with Crippen LogP contribution in [0.3, 0.4) is 0 Å². The maximum Gasteiger partial charge on any atom is 0.142 e. The molecule has 1 N–H and O–H groups in total. The molecule has 1 aromatic rings. The molecule has 12 heavy (non-hydrogen) atoms.